The molecule has 9 nitrogen and oxygen atoms in total. The first-order chi connectivity index (χ1) is 17.7. The largest absolute Gasteiger partial charge is 0.481 e. The van der Waals surface area contributed by atoms with Crippen LogP contribution in [-0.2, 0) is 19.4 Å². The highest BCUT2D eigenvalue weighted by Gasteiger charge is 2.27. The van der Waals surface area contributed by atoms with Gasteiger partial charge in [0.05, 0.1) is 23.5 Å². The fourth-order valence-corrected chi connectivity index (χ4v) is 6.75. The van der Waals surface area contributed by atoms with Crippen LogP contribution in [0.1, 0.15) is 57.4 Å². The molecule has 2 aliphatic heterocycles. The number of fused-ring (bicyclic) bond motifs is 1. The summed E-state index contributed by atoms with van der Waals surface area (Å²) in [5, 5.41) is 16.5. The lowest BCUT2D eigenvalue weighted by Gasteiger charge is -2.36. The van der Waals surface area contributed by atoms with E-state index in [-0.39, 0.29) is 24.1 Å². The number of nitrogens with one attached hydrogen (secondary N) is 2. The van der Waals surface area contributed by atoms with E-state index in [1.54, 1.807) is 12.2 Å². The van der Waals surface area contributed by atoms with Crippen LogP contribution in [-0.4, -0.2) is 57.1 Å². The number of carboxylic acids is 1. The Morgan fingerprint density at radius 2 is 1.92 bits per heavy atom. The number of aliphatic carboxylic acids is 1. The molecule has 200 valence electrons. The van der Waals surface area contributed by atoms with Gasteiger partial charge in [-0.05, 0) is 73.4 Å². The van der Waals surface area contributed by atoms with Gasteiger partial charge < -0.3 is 25.4 Å². The monoisotopic (exact) mass is 529 g/mol. The van der Waals surface area contributed by atoms with Gasteiger partial charge in [-0.2, -0.15) is 0 Å². The van der Waals surface area contributed by atoms with E-state index >= 15 is 0 Å². The molecule has 0 bridgehead atoms. The van der Waals surface area contributed by atoms with E-state index in [9.17, 15) is 23.1 Å². The third kappa shape index (κ3) is 6.61. The van der Waals surface area contributed by atoms with E-state index in [0.717, 1.165) is 36.2 Å². The maximum Gasteiger partial charge on any atom is 0.323 e. The molecule has 1 atom stereocenters. The molecule has 1 aromatic carbocycles. The molecule has 0 radical (unpaired) electrons. The maximum absolute atomic E-state index is 13.1. The van der Waals surface area contributed by atoms with Gasteiger partial charge in [0.2, 0.25) is 0 Å². The quantitative estimate of drug-likeness (QED) is 0.435. The third-order valence-electron chi connectivity index (χ3n) is 7.16. The standard InChI is InChI=1S/C27H35N3O6S/c1-3-18(15-26(31)32)19-6-8-25(30(4-2)23-9-11-36-12-10-23)24(14-19)29-27(33)28-22-7-5-20-16-37(34,35)17-21(20)13-22/h6-8,13-14,16,18,23H,3-5,9-12,15,17H2,1-2H3,(H,31,32)(H2,28,29,33)/t18-/m0/s1. The molecule has 0 saturated carbocycles. The number of ether oxygens (including phenoxy) is 1. The fraction of sp³-hybridized carbons (Fsp3) is 0.481. The number of hydrogen-bond acceptors (Lipinski definition) is 6. The van der Waals surface area contributed by atoms with Gasteiger partial charge in [-0.25, -0.2) is 13.2 Å². The highest BCUT2D eigenvalue weighted by atomic mass is 32.2. The molecule has 1 aliphatic carbocycles. The minimum atomic E-state index is -3.23. The minimum absolute atomic E-state index is 0.0121. The van der Waals surface area contributed by atoms with Crippen LogP contribution >= 0.6 is 0 Å². The molecule has 1 saturated heterocycles. The Hall–Kier alpha value is -3.11. The van der Waals surface area contributed by atoms with Gasteiger partial charge in [0, 0.05) is 36.9 Å². The average molecular weight is 530 g/mol. The van der Waals surface area contributed by atoms with E-state index in [2.05, 4.69) is 22.5 Å². The lowest BCUT2D eigenvalue weighted by atomic mass is 9.92. The summed E-state index contributed by atoms with van der Waals surface area (Å²) in [5.41, 5.74) is 4.36. The van der Waals surface area contributed by atoms with E-state index in [1.807, 2.05) is 25.1 Å². The van der Waals surface area contributed by atoms with Crippen LogP contribution in [0.25, 0.3) is 0 Å². The first kappa shape index (κ1) is 26.9. The number of sulfone groups is 1. The normalized spacial score (nSPS) is 19.7. The first-order valence-corrected chi connectivity index (χ1v) is 14.5. The number of nitrogens with zero attached hydrogens (tertiary/aromatic N) is 1. The Morgan fingerprint density at radius 3 is 2.59 bits per heavy atom. The van der Waals surface area contributed by atoms with Gasteiger partial charge in [-0.15, -0.1) is 0 Å². The predicted molar refractivity (Wildman–Crippen MR) is 143 cm³/mol. The molecule has 1 aromatic rings. The van der Waals surface area contributed by atoms with Gasteiger partial charge in [-0.1, -0.05) is 19.1 Å². The Kier molecular flexibility index (Phi) is 8.39. The molecule has 0 unspecified atom stereocenters. The molecule has 37 heavy (non-hydrogen) atoms. The molecule has 2 heterocycles. The molecule has 2 amide bonds. The van der Waals surface area contributed by atoms with Crippen LogP contribution in [0.4, 0.5) is 16.2 Å². The second kappa shape index (κ2) is 11.5. The second-order valence-electron chi connectivity index (χ2n) is 9.67. The first-order valence-electron chi connectivity index (χ1n) is 12.8. The summed E-state index contributed by atoms with van der Waals surface area (Å²) in [6, 6.07) is 5.64. The van der Waals surface area contributed by atoms with Crippen molar-refractivity contribution in [3.63, 3.8) is 0 Å². The van der Waals surface area contributed by atoms with Crippen molar-refractivity contribution in [2.75, 3.05) is 35.7 Å². The smallest absolute Gasteiger partial charge is 0.323 e. The van der Waals surface area contributed by atoms with Crippen LogP contribution in [0.3, 0.4) is 0 Å². The van der Waals surface area contributed by atoms with Crippen LogP contribution in [0.2, 0.25) is 0 Å². The molecule has 0 aromatic heterocycles. The zero-order valence-electron chi connectivity index (χ0n) is 21.3. The number of anilines is 2. The van der Waals surface area contributed by atoms with Crippen molar-refractivity contribution in [3.05, 3.63) is 58.2 Å². The highest BCUT2D eigenvalue weighted by Crippen LogP contribution is 2.35. The number of amides is 2. The van der Waals surface area contributed by atoms with Crippen molar-refractivity contribution in [2.45, 2.75) is 57.9 Å². The molecular formula is C27H35N3O6S. The van der Waals surface area contributed by atoms with Crippen LogP contribution < -0.4 is 15.5 Å². The van der Waals surface area contributed by atoms with Gasteiger partial charge in [0.15, 0.2) is 9.84 Å². The summed E-state index contributed by atoms with van der Waals surface area (Å²) in [6.07, 6.45) is 6.40. The average Bonchev–Trinajstić information content (AvgIpc) is 3.17. The Labute approximate surface area is 218 Å². The van der Waals surface area contributed by atoms with Crippen LogP contribution in [0.5, 0.6) is 0 Å². The number of allylic oxidation sites excluding steroid dienone is 3. The number of carbonyl (C=O) groups excluding carboxylic acids is 1. The maximum atomic E-state index is 13.1. The molecule has 4 rings (SSSR count). The number of rotatable bonds is 9. The van der Waals surface area contributed by atoms with Crippen molar-refractivity contribution in [1.29, 1.82) is 0 Å². The van der Waals surface area contributed by atoms with E-state index in [4.69, 9.17) is 4.74 Å². The lowest BCUT2D eigenvalue weighted by molar-refractivity contribution is -0.137. The van der Waals surface area contributed by atoms with E-state index < -0.39 is 21.8 Å². The second-order valence-corrected chi connectivity index (χ2v) is 11.5. The number of urea groups is 1. The molecule has 3 aliphatic rings. The van der Waals surface area contributed by atoms with Crippen molar-refractivity contribution in [3.8, 4) is 0 Å². The van der Waals surface area contributed by atoms with Gasteiger partial charge in [0.25, 0.3) is 0 Å². The lowest BCUT2D eigenvalue weighted by Crippen LogP contribution is -2.40. The van der Waals surface area contributed by atoms with Gasteiger partial charge in [0.1, 0.15) is 0 Å². The summed E-state index contributed by atoms with van der Waals surface area (Å²) >= 11 is 0. The Morgan fingerprint density at radius 1 is 1.16 bits per heavy atom. The molecule has 10 heteroatoms. The van der Waals surface area contributed by atoms with E-state index in [0.29, 0.717) is 43.0 Å². The number of carbonyl (C=O) groups is 2. The fourth-order valence-electron chi connectivity index (χ4n) is 5.28. The van der Waals surface area contributed by atoms with Gasteiger partial charge >= 0.3 is 12.0 Å². The van der Waals surface area contributed by atoms with Crippen molar-refractivity contribution < 1.29 is 27.9 Å². The third-order valence-corrected chi connectivity index (χ3v) is 8.51. The number of benzene rings is 1. The predicted octanol–water partition coefficient (Wildman–Crippen LogP) is 4.31. The van der Waals surface area contributed by atoms with Crippen LogP contribution in [0.15, 0.2) is 52.6 Å². The summed E-state index contributed by atoms with van der Waals surface area (Å²) in [7, 11) is -3.23. The topological polar surface area (TPSA) is 125 Å². The summed E-state index contributed by atoms with van der Waals surface area (Å²) in [4.78, 5) is 26.8. The number of hydrogen-bond donors (Lipinski definition) is 3. The minimum Gasteiger partial charge on any atom is -0.481 e. The molecule has 0 spiro atoms. The molecular weight excluding hydrogens is 494 g/mol. The summed E-state index contributed by atoms with van der Waals surface area (Å²) in [6.45, 7) is 6.15. The van der Waals surface area contributed by atoms with Crippen molar-refractivity contribution in [1.82, 2.24) is 5.32 Å². The van der Waals surface area contributed by atoms with Crippen molar-refractivity contribution >= 4 is 33.2 Å². The Balaban J connectivity index is 1.59. The number of carboxylic acid groups (broad SMARTS) is 1. The Bertz CT molecular complexity index is 1240. The van der Waals surface area contributed by atoms with Crippen molar-refractivity contribution in [2.24, 2.45) is 0 Å². The highest BCUT2D eigenvalue weighted by molar-refractivity contribution is 7.94. The van der Waals surface area contributed by atoms with Gasteiger partial charge in [-0.3, -0.25) is 4.79 Å². The zero-order chi connectivity index (χ0) is 26.6. The SMILES string of the molecule is CC[C@@H](CC(=O)O)c1ccc(N(CC)C2CCOCC2)c(NC(=O)NC2=CCC3=CS(=O)(=O)CC3=C2)c1. The van der Waals surface area contributed by atoms with Crippen LogP contribution in [0, 0.1) is 0 Å². The van der Waals surface area contributed by atoms with E-state index in [1.165, 1.54) is 5.41 Å². The molecule has 1 fully saturated rings. The summed E-state index contributed by atoms with van der Waals surface area (Å²) in [5.74, 6) is -1.08. The zero-order valence-corrected chi connectivity index (χ0v) is 22.1. The molecule has 3 N–H and O–H groups in total. The summed E-state index contributed by atoms with van der Waals surface area (Å²) < 4.78 is 29.4.